The summed E-state index contributed by atoms with van der Waals surface area (Å²) in [6, 6.07) is 11.3. The molecule has 5 rings (SSSR count). The molecule has 2 fully saturated rings. The fourth-order valence-electron chi connectivity index (χ4n) is 5.32. The Labute approximate surface area is 227 Å². The molecule has 2 aliphatic heterocycles. The SMILES string of the molecule is Cc1cc(C)cc(N2CC[C@H](Oc3ccc(NC(=O)[C@H]4CCCCN4C(=O)Cn4ccnn4)cc3Cl)C2)c1. The molecule has 2 atom stereocenters. The van der Waals surface area contributed by atoms with Crippen LogP contribution in [0, 0.1) is 13.8 Å². The van der Waals surface area contributed by atoms with E-state index in [2.05, 4.69) is 52.6 Å². The molecule has 1 aromatic heterocycles. The molecule has 2 amide bonds. The fourth-order valence-corrected chi connectivity index (χ4v) is 5.55. The van der Waals surface area contributed by atoms with Crippen molar-refractivity contribution in [2.45, 2.75) is 58.2 Å². The molecule has 0 radical (unpaired) electrons. The third-order valence-electron chi connectivity index (χ3n) is 7.10. The molecule has 9 nitrogen and oxygen atoms in total. The number of nitrogens with one attached hydrogen (secondary N) is 1. The molecule has 2 saturated heterocycles. The second-order valence-corrected chi connectivity index (χ2v) is 10.6. The number of likely N-dealkylation sites (tertiary alicyclic amines) is 1. The number of benzene rings is 2. The first-order chi connectivity index (χ1) is 18.4. The van der Waals surface area contributed by atoms with Crippen molar-refractivity contribution in [2.75, 3.05) is 29.9 Å². The lowest BCUT2D eigenvalue weighted by Crippen LogP contribution is -2.51. The van der Waals surface area contributed by atoms with Crippen molar-refractivity contribution in [2.24, 2.45) is 0 Å². The standard InChI is InChI=1S/C28H33ClN6O3/c1-19-13-20(2)15-22(14-19)33-11-8-23(17-33)38-26-7-6-21(16-24(26)29)31-28(37)25-5-3-4-10-35(25)27(36)18-34-12-9-30-32-34/h6-7,9,12-16,23,25H,3-5,8,10-11,17-18H2,1-2H3,(H,31,37)/t23-,25+/m0/s1. The molecule has 2 aromatic carbocycles. The van der Waals surface area contributed by atoms with Crippen LogP contribution >= 0.6 is 11.6 Å². The van der Waals surface area contributed by atoms with Crippen LogP contribution in [0.1, 0.15) is 36.8 Å². The van der Waals surface area contributed by atoms with E-state index in [9.17, 15) is 9.59 Å². The average Bonchev–Trinajstić information content (AvgIpc) is 3.57. The minimum atomic E-state index is -0.538. The molecule has 0 bridgehead atoms. The van der Waals surface area contributed by atoms with Crippen LogP contribution in [-0.4, -0.2) is 63.5 Å². The molecule has 0 aliphatic carbocycles. The molecule has 0 saturated carbocycles. The third kappa shape index (κ3) is 6.10. The van der Waals surface area contributed by atoms with E-state index < -0.39 is 6.04 Å². The lowest BCUT2D eigenvalue weighted by atomic mass is 10.0. The Kier molecular flexibility index (Phi) is 7.83. The molecular weight excluding hydrogens is 504 g/mol. The number of carbonyl (C=O) groups is 2. The van der Waals surface area contributed by atoms with Crippen molar-refractivity contribution in [1.29, 1.82) is 0 Å². The average molecular weight is 537 g/mol. The van der Waals surface area contributed by atoms with Gasteiger partial charge in [-0.2, -0.15) is 0 Å². The molecule has 2 aliphatic rings. The second kappa shape index (κ2) is 11.4. The van der Waals surface area contributed by atoms with Gasteiger partial charge in [-0.1, -0.05) is 22.9 Å². The Bertz CT molecular complexity index is 1280. The zero-order valence-electron chi connectivity index (χ0n) is 21.8. The van der Waals surface area contributed by atoms with Gasteiger partial charge in [0.15, 0.2) is 0 Å². The summed E-state index contributed by atoms with van der Waals surface area (Å²) in [5, 5.41) is 11.0. The Morgan fingerprint density at radius 3 is 2.63 bits per heavy atom. The highest BCUT2D eigenvalue weighted by Crippen LogP contribution is 2.32. The first kappa shape index (κ1) is 26.0. The summed E-state index contributed by atoms with van der Waals surface area (Å²) in [4.78, 5) is 30.0. The summed E-state index contributed by atoms with van der Waals surface area (Å²) >= 11 is 6.56. The van der Waals surface area contributed by atoms with Crippen LogP contribution in [0.3, 0.4) is 0 Å². The molecular formula is C28H33ClN6O3. The summed E-state index contributed by atoms with van der Waals surface area (Å²) in [7, 11) is 0. The zero-order valence-corrected chi connectivity index (χ0v) is 22.5. The van der Waals surface area contributed by atoms with Gasteiger partial charge in [0, 0.05) is 37.1 Å². The van der Waals surface area contributed by atoms with Crippen molar-refractivity contribution in [3.8, 4) is 5.75 Å². The highest BCUT2D eigenvalue weighted by Gasteiger charge is 2.32. The number of nitrogens with zero attached hydrogens (tertiary/aromatic N) is 5. The van der Waals surface area contributed by atoms with Gasteiger partial charge in [0.05, 0.1) is 17.8 Å². The highest BCUT2D eigenvalue weighted by molar-refractivity contribution is 6.32. The predicted molar refractivity (Wildman–Crippen MR) is 147 cm³/mol. The van der Waals surface area contributed by atoms with E-state index in [1.54, 1.807) is 29.3 Å². The number of ether oxygens (including phenoxy) is 1. The Morgan fingerprint density at radius 2 is 1.89 bits per heavy atom. The smallest absolute Gasteiger partial charge is 0.247 e. The van der Waals surface area contributed by atoms with Gasteiger partial charge in [0.2, 0.25) is 11.8 Å². The molecule has 0 unspecified atom stereocenters. The third-order valence-corrected chi connectivity index (χ3v) is 7.40. The maximum atomic E-state index is 13.2. The van der Waals surface area contributed by atoms with Crippen molar-refractivity contribution < 1.29 is 14.3 Å². The van der Waals surface area contributed by atoms with Gasteiger partial charge in [-0.15, -0.1) is 5.10 Å². The summed E-state index contributed by atoms with van der Waals surface area (Å²) in [6.07, 6.45) is 6.46. The quantitative estimate of drug-likeness (QED) is 0.486. The van der Waals surface area contributed by atoms with E-state index in [4.69, 9.17) is 16.3 Å². The maximum absolute atomic E-state index is 13.2. The van der Waals surface area contributed by atoms with Crippen LogP contribution in [0.25, 0.3) is 0 Å². The van der Waals surface area contributed by atoms with Gasteiger partial charge < -0.3 is 19.9 Å². The van der Waals surface area contributed by atoms with Crippen molar-refractivity contribution in [1.82, 2.24) is 19.9 Å². The number of amides is 2. The number of halogens is 1. The molecule has 38 heavy (non-hydrogen) atoms. The van der Waals surface area contributed by atoms with E-state index >= 15 is 0 Å². The van der Waals surface area contributed by atoms with Gasteiger partial charge in [-0.3, -0.25) is 9.59 Å². The largest absolute Gasteiger partial charge is 0.487 e. The molecule has 10 heteroatoms. The first-order valence-corrected chi connectivity index (χ1v) is 13.5. The van der Waals surface area contributed by atoms with Crippen LogP contribution in [-0.2, 0) is 16.1 Å². The monoisotopic (exact) mass is 536 g/mol. The van der Waals surface area contributed by atoms with E-state index in [1.807, 2.05) is 0 Å². The van der Waals surface area contributed by atoms with Crippen molar-refractivity contribution in [3.05, 3.63) is 64.9 Å². The number of carbonyl (C=O) groups excluding carboxylic acids is 2. The number of hydrogen-bond donors (Lipinski definition) is 1. The lowest BCUT2D eigenvalue weighted by molar-refractivity contribution is -0.141. The Morgan fingerprint density at radius 1 is 1.08 bits per heavy atom. The van der Waals surface area contributed by atoms with Gasteiger partial charge in [-0.05, 0) is 74.6 Å². The predicted octanol–water partition coefficient (Wildman–Crippen LogP) is 4.23. The number of rotatable bonds is 7. The van der Waals surface area contributed by atoms with E-state index in [-0.39, 0.29) is 24.5 Å². The zero-order chi connectivity index (χ0) is 26.6. The number of hydrogen-bond acceptors (Lipinski definition) is 6. The molecule has 200 valence electrons. The van der Waals surface area contributed by atoms with Crippen LogP contribution in [0.2, 0.25) is 5.02 Å². The van der Waals surface area contributed by atoms with Crippen LogP contribution in [0.5, 0.6) is 5.75 Å². The summed E-state index contributed by atoms with van der Waals surface area (Å²) in [5.41, 5.74) is 4.29. The lowest BCUT2D eigenvalue weighted by Gasteiger charge is -2.34. The minimum Gasteiger partial charge on any atom is -0.487 e. The summed E-state index contributed by atoms with van der Waals surface area (Å²) in [6.45, 7) is 6.54. The topological polar surface area (TPSA) is 92.6 Å². The Hall–Kier alpha value is -3.59. The number of aromatic nitrogens is 3. The summed E-state index contributed by atoms with van der Waals surface area (Å²) in [5.74, 6) is 0.226. The van der Waals surface area contributed by atoms with Gasteiger partial charge in [0.1, 0.15) is 24.4 Å². The number of anilines is 2. The van der Waals surface area contributed by atoms with E-state index in [1.165, 1.54) is 27.7 Å². The van der Waals surface area contributed by atoms with E-state index in [0.29, 0.717) is 29.4 Å². The van der Waals surface area contributed by atoms with E-state index in [0.717, 1.165) is 32.4 Å². The normalized spacial score (nSPS) is 19.4. The van der Waals surface area contributed by atoms with Gasteiger partial charge in [0.25, 0.3) is 0 Å². The van der Waals surface area contributed by atoms with Gasteiger partial charge >= 0.3 is 0 Å². The second-order valence-electron chi connectivity index (χ2n) is 10.2. The Balaban J connectivity index is 1.19. The number of aryl methyl sites for hydroxylation is 2. The summed E-state index contributed by atoms with van der Waals surface area (Å²) < 4.78 is 7.71. The van der Waals surface area contributed by atoms with Crippen LogP contribution in [0.15, 0.2) is 48.8 Å². The van der Waals surface area contributed by atoms with Crippen molar-refractivity contribution in [3.63, 3.8) is 0 Å². The number of piperidine rings is 1. The van der Waals surface area contributed by atoms with Crippen LogP contribution in [0.4, 0.5) is 11.4 Å². The molecule has 3 aromatic rings. The molecule has 1 N–H and O–H groups in total. The molecule has 3 heterocycles. The minimum absolute atomic E-state index is 0.0283. The van der Waals surface area contributed by atoms with Gasteiger partial charge in [-0.25, -0.2) is 4.68 Å². The first-order valence-electron chi connectivity index (χ1n) is 13.1. The molecule has 0 spiro atoms. The maximum Gasteiger partial charge on any atom is 0.247 e. The highest BCUT2D eigenvalue weighted by atomic mass is 35.5. The van der Waals surface area contributed by atoms with Crippen molar-refractivity contribution >= 4 is 34.8 Å². The van der Waals surface area contributed by atoms with Crippen LogP contribution < -0.4 is 15.0 Å². The fraction of sp³-hybridized carbons (Fsp3) is 0.429.